The Morgan fingerprint density at radius 3 is 2.20 bits per heavy atom. The minimum atomic E-state index is 0.338. The summed E-state index contributed by atoms with van der Waals surface area (Å²) in [5.41, 5.74) is 6.37. The fourth-order valence-corrected chi connectivity index (χ4v) is 3.91. The molecule has 0 aromatic rings. The fraction of sp³-hybridized carbons (Fsp3) is 1.00. The molecule has 0 amide bonds. The summed E-state index contributed by atoms with van der Waals surface area (Å²) in [4.78, 5) is 2.74. The zero-order chi connectivity index (χ0) is 10.5. The van der Waals surface area contributed by atoms with Crippen LogP contribution in [0.3, 0.4) is 0 Å². The van der Waals surface area contributed by atoms with Crippen molar-refractivity contribution in [2.45, 2.75) is 44.6 Å². The Bertz CT molecular complexity index is 237. The van der Waals surface area contributed by atoms with Crippen LogP contribution in [0, 0.1) is 17.8 Å². The molecule has 3 fully saturated rings. The smallest absolute Gasteiger partial charge is 0.0331 e. The number of rotatable bonds is 3. The third-order valence-electron chi connectivity index (χ3n) is 5.32. The lowest BCUT2D eigenvalue weighted by Crippen LogP contribution is -2.52. The maximum atomic E-state index is 6.04. The summed E-state index contributed by atoms with van der Waals surface area (Å²) >= 11 is 0. The molecule has 1 saturated heterocycles. The van der Waals surface area contributed by atoms with Crippen LogP contribution in [0.2, 0.25) is 0 Å². The molecule has 2 N–H and O–H groups in total. The highest BCUT2D eigenvalue weighted by atomic mass is 15.2. The van der Waals surface area contributed by atoms with E-state index in [1.165, 1.54) is 45.2 Å². The molecule has 0 bridgehead atoms. The third kappa shape index (κ3) is 1.53. The van der Waals surface area contributed by atoms with Gasteiger partial charge in [0.25, 0.3) is 0 Å². The van der Waals surface area contributed by atoms with Crippen LogP contribution >= 0.6 is 0 Å². The number of hydrogen-bond acceptors (Lipinski definition) is 2. The van der Waals surface area contributed by atoms with Gasteiger partial charge in [0, 0.05) is 25.2 Å². The van der Waals surface area contributed by atoms with E-state index in [1.807, 2.05) is 0 Å². The molecule has 2 heteroatoms. The molecule has 0 radical (unpaired) electrons. The second-order valence-corrected chi connectivity index (χ2v) is 6.19. The van der Waals surface area contributed by atoms with E-state index in [2.05, 4.69) is 11.8 Å². The minimum Gasteiger partial charge on any atom is -0.329 e. The molecule has 0 aromatic carbocycles. The van der Waals surface area contributed by atoms with Crippen LogP contribution in [0.1, 0.15) is 39.0 Å². The second-order valence-electron chi connectivity index (χ2n) is 6.19. The molecule has 2 nitrogen and oxygen atoms in total. The Kier molecular flexibility index (Phi) is 2.33. The molecular weight excluding hydrogens is 184 g/mol. The van der Waals surface area contributed by atoms with Gasteiger partial charge in [-0.25, -0.2) is 0 Å². The van der Waals surface area contributed by atoms with Crippen LogP contribution in [0.5, 0.6) is 0 Å². The number of fused-ring (bicyclic) bond motifs is 1. The highest BCUT2D eigenvalue weighted by molar-refractivity contribution is 5.04. The lowest BCUT2D eigenvalue weighted by Gasteiger charge is -2.39. The Hall–Kier alpha value is -0.0800. The molecule has 2 saturated carbocycles. The van der Waals surface area contributed by atoms with Gasteiger partial charge in [-0.2, -0.15) is 0 Å². The maximum absolute atomic E-state index is 6.04. The SMILES string of the molecule is CC(CN)(C1CC1)N1CC2CCCC2C1. The predicted octanol–water partition coefficient (Wildman–Crippen LogP) is 1.85. The van der Waals surface area contributed by atoms with Crippen molar-refractivity contribution in [1.82, 2.24) is 4.90 Å². The van der Waals surface area contributed by atoms with Crippen molar-refractivity contribution in [2.75, 3.05) is 19.6 Å². The first-order valence-corrected chi connectivity index (χ1v) is 6.69. The number of nitrogens with two attached hydrogens (primary N) is 1. The molecule has 2 aliphatic carbocycles. The second kappa shape index (κ2) is 3.46. The van der Waals surface area contributed by atoms with Gasteiger partial charge in [-0.15, -0.1) is 0 Å². The lowest BCUT2D eigenvalue weighted by molar-refractivity contribution is 0.108. The largest absolute Gasteiger partial charge is 0.329 e. The van der Waals surface area contributed by atoms with E-state index in [4.69, 9.17) is 5.73 Å². The highest BCUT2D eigenvalue weighted by Gasteiger charge is 2.49. The summed E-state index contributed by atoms with van der Waals surface area (Å²) in [7, 11) is 0. The molecule has 86 valence electrons. The first-order chi connectivity index (χ1) is 7.24. The molecule has 3 atom stereocenters. The highest BCUT2D eigenvalue weighted by Crippen LogP contribution is 2.47. The number of nitrogens with zero attached hydrogens (tertiary/aromatic N) is 1. The van der Waals surface area contributed by atoms with Crippen molar-refractivity contribution in [3.63, 3.8) is 0 Å². The lowest BCUT2D eigenvalue weighted by atomic mass is 9.93. The third-order valence-corrected chi connectivity index (χ3v) is 5.32. The van der Waals surface area contributed by atoms with Gasteiger partial charge in [-0.05, 0) is 50.4 Å². The standard InChI is InChI=1S/C13H24N2/c1-13(9-14,12-5-6-12)15-7-10-3-2-4-11(10)8-15/h10-12H,2-9,14H2,1H3. The quantitative estimate of drug-likeness (QED) is 0.767. The normalized spacial score (nSPS) is 40.4. The molecule has 1 heterocycles. The van der Waals surface area contributed by atoms with E-state index in [0.29, 0.717) is 5.54 Å². The average Bonchev–Trinajstić information content (AvgIpc) is 2.86. The van der Waals surface area contributed by atoms with Gasteiger partial charge >= 0.3 is 0 Å². The monoisotopic (exact) mass is 208 g/mol. The molecule has 0 aromatic heterocycles. The van der Waals surface area contributed by atoms with Crippen LogP contribution in [-0.4, -0.2) is 30.1 Å². The van der Waals surface area contributed by atoms with Crippen LogP contribution in [-0.2, 0) is 0 Å². The van der Waals surface area contributed by atoms with E-state index >= 15 is 0 Å². The van der Waals surface area contributed by atoms with Crippen molar-refractivity contribution in [1.29, 1.82) is 0 Å². The topological polar surface area (TPSA) is 29.3 Å². The zero-order valence-corrected chi connectivity index (χ0v) is 9.91. The van der Waals surface area contributed by atoms with Crippen molar-refractivity contribution in [3.05, 3.63) is 0 Å². The van der Waals surface area contributed by atoms with E-state index in [-0.39, 0.29) is 0 Å². The summed E-state index contributed by atoms with van der Waals surface area (Å²) in [6.45, 7) is 5.95. The molecular formula is C13H24N2. The Labute approximate surface area is 93.2 Å². The fourth-order valence-electron chi connectivity index (χ4n) is 3.91. The first kappa shape index (κ1) is 10.1. The van der Waals surface area contributed by atoms with Gasteiger partial charge in [-0.1, -0.05) is 6.42 Å². The van der Waals surface area contributed by atoms with Gasteiger partial charge in [0.2, 0.25) is 0 Å². The van der Waals surface area contributed by atoms with Gasteiger partial charge in [-0.3, -0.25) is 4.90 Å². The predicted molar refractivity (Wildman–Crippen MR) is 62.6 cm³/mol. The Morgan fingerprint density at radius 1 is 1.13 bits per heavy atom. The zero-order valence-electron chi connectivity index (χ0n) is 9.91. The Balaban J connectivity index is 1.72. The van der Waals surface area contributed by atoms with Crippen LogP contribution in [0.25, 0.3) is 0 Å². The molecule has 0 spiro atoms. The summed E-state index contributed by atoms with van der Waals surface area (Å²) in [6.07, 6.45) is 7.27. The van der Waals surface area contributed by atoms with Crippen molar-refractivity contribution >= 4 is 0 Å². The van der Waals surface area contributed by atoms with Crippen LogP contribution < -0.4 is 5.73 Å². The van der Waals surface area contributed by atoms with Gasteiger partial charge in [0.15, 0.2) is 0 Å². The van der Waals surface area contributed by atoms with Crippen LogP contribution in [0.4, 0.5) is 0 Å². The van der Waals surface area contributed by atoms with Crippen molar-refractivity contribution < 1.29 is 0 Å². The van der Waals surface area contributed by atoms with Gasteiger partial charge < -0.3 is 5.73 Å². The summed E-state index contributed by atoms with van der Waals surface area (Å²) in [6, 6.07) is 0. The summed E-state index contributed by atoms with van der Waals surface area (Å²) in [5.74, 6) is 2.92. The van der Waals surface area contributed by atoms with Gasteiger partial charge in [0.1, 0.15) is 0 Å². The summed E-state index contributed by atoms with van der Waals surface area (Å²) < 4.78 is 0. The Morgan fingerprint density at radius 2 is 1.73 bits per heavy atom. The van der Waals surface area contributed by atoms with E-state index in [9.17, 15) is 0 Å². The molecule has 1 aliphatic heterocycles. The van der Waals surface area contributed by atoms with Crippen molar-refractivity contribution in [2.24, 2.45) is 23.5 Å². The molecule has 3 aliphatic rings. The number of likely N-dealkylation sites (tertiary alicyclic amines) is 1. The van der Waals surface area contributed by atoms with Crippen molar-refractivity contribution in [3.8, 4) is 0 Å². The first-order valence-electron chi connectivity index (χ1n) is 6.69. The summed E-state index contributed by atoms with van der Waals surface area (Å²) in [5, 5.41) is 0. The maximum Gasteiger partial charge on any atom is 0.0331 e. The van der Waals surface area contributed by atoms with Crippen LogP contribution in [0.15, 0.2) is 0 Å². The van der Waals surface area contributed by atoms with E-state index in [0.717, 1.165) is 24.3 Å². The molecule has 3 unspecified atom stereocenters. The van der Waals surface area contributed by atoms with Gasteiger partial charge in [0.05, 0.1) is 0 Å². The molecule has 3 rings (SSSR count). The average molecular weight is 208 g/mol. The van der Waals surface area contributed by atoms with E-state index < -0.39 is 0 Å². The minimum absolute atomic E-state index is 0.338. The number of hydrogen-bond donors (Lipinski definition) is 1. The van der Waals surface area contributed by atoms with E-state index in [1.54, 1.807) is 0 Å². The molecule has 15 heavy (non-hydrogen) atoms.